The van der Waals surface area contributed by atoms with Crippen molar-refractivity contribution in [3.05, 3.63) is 29.8 Å². The second-order valence-electron chi connectivity index (χ2n) is 4.53. The Labute approximate surface area is 111 Å². The molecule has 0 saturated carbocycles. The van der Waals surface area contributed by atoms with Gasteiger partial charge in [-0.15, -0.1) is 0 Å². The average Bonchev–Trinajstić information content (AvgIpc) is 3.01. The monoisotopic (exact) mass is 280 g/mol. The van der Waals surface area contributed by atoms with E-state index in [9.17, 15) is 8.42 Å². The molecule has 2 saturated heterocycles. The lowest BCUT2D eigenvalue weighted by Crippen LogP contribution is -2.39. The maximum absolute atomic E-state index is 12.6. The topological polar surface area (TPSA) is 61.2 Å². The molecular formula is C12H12N2O2S2. The minimum Gasteiger partial charge on any atom is -0.207 e. The van der Waals surface area contributed by atoms with Crippen molar-refractivity contribution in [2.75, 3.05) is 12.3 Å². The van der Waals surface area contributed by atoms with Gasteiger partial charge < -0.3 is 0 Å². The maximum Gasteiger partial charge on any atom is 0.244 e. The summed E-state index contributed by atoms with van der Waals surface area (Å²) in [6.07, 6.45) is 0.943. The summed E-state index contributed by atoms with van der Waals surface area (Å²) in [4.78, 5) is 0.144. The minimum atomic E-state index is -3.51. The zero-order valence-corrected chi connectivity index (χ0v) is 11.2. The molecule has 94 valence electrons. The van der Waals surface area contributed by atoms with Crippen LogP contribution in [0.2, 0.25) is 0 Å². The first-order chi connectivity index (χ1) is 8.63. The molecule has 18 heavy (non-hydrogen) atoms. The van der Waals surface area contributed by atoms with Crippen LogP contribution < -0.4 is 0 Å². The van der Waals surface area contributed by atoms with E-state index in [1.54, 1.807) is 22.5 Å². The van der Waals surface area contributed by atoms with E-state index in [0.717, 1.165) is 12.2 Å². The summed E-state index contributed by atoms with van der Waals surface area (Å²) >= 11 is 1.85. The van der Waals surface area contributed by atoms with Crippen LogP contribution in [0.25, 0.3) is 0 Å². The molecular weight excluding hydrogens is 268 g/mol. The third kappa shape index (κ3) is 1.74. The first-order valence-corrected chi connectivity index (χ1v) is 8.24. The highest BCUT2D eigenvalue weighted by atomic mass is 32.2. The third-order valence-corrected chi connectivity index (χ3v) is 6.81. The van der Waals surface area contributed by atoms with Crippen LogP contribution >= 0.6 is 11.8 Å². The minimum absolute atomic E-state index is 0.108. The van der Waals surface area contributed by atoms with Crippen molar-refractivity contribution < 1.29 is 8.42 Å². The highest BCUT2D eigenvalue weighted by Gasteiger charge is 2.45. The van der Waals surface area contributed by atoms with Crippen LogP contribution in [-0.4, -0.2) is 36.3 Å². The van der Waals surface area contributed by atoms with Crippen LogP contribution in [0.4, 0.5) is 0 Å². The van der Waals surface area contributed by atoms with Crippen molar-refractivity contribution >= 4 is 21.8 Å². The number of hydrogen-bond donors (Lipinski definition) is 0. The van der Waals surface area contributed by atoms with E-state index in [0.29, 0.717) is 11.8 Å². The standard InChI is InChI=1S/C12H12N2O2S2/c13-6-9-3-1-2-4-12(9)18(15,16)14-7-11-5-10(14)8-17-11/h1-4,10-11H,5,7-8H2. The Morgan fingerprint density at radius 1 is 1.39 bits per heavy atom. The van der Waals surface area contributed by atoms with E-state index in [1.165, 1.54) is 6.07 Å². The van der Waals surface area contributed by atoms with Gasteiger partial charge in [0, 0.05) is 23.6 Å². The fourth-order valence-corrected chi connectivity index (χ4v) is 6.02. The predicted molar refractivity (Wildman–Crippen MR) is 69.7 cm³/mol. The van der Waals surface area contributed by atoms with Gasteiger partial charge in [-0.2, -0.15) is 21.3 Å². The number of thioether (sulfide) groups is 1. The molecule has 2 bridgehead atoms. The molecule has 2 aliphatic heterocycles. The lowest BCUT2D eigenvalue weighted by Gasteiger charge is -2.26. The molecule has 0 aliphatic carbocycles. The Morgan fingerprint density at radius 3 is 2.78 bits per heavy atom. The molecule has 1 aromatic rings. The van der Waals surface area contributed by atoms with Crippen molar-refractivity contribution in [3.8, 4) is 6.07 Å². The lowest BCUT2D eigenvalue weighted by atomic mass is 10.2. The normalized spacial score (nSPS) is 27.3. The molecule has 3 rings (SSSR count). The highest BCUT2D eigenvalue weighted by Crippen LogP contribution is 2.40. The summed E-state index contributed by atoms with van der Waals surface area (Å²) in [6.45, 7) is 0.581. The zero-order chi connectivity index (χ0) is 12.8. The van der Waals surface area contributed by atoms with Gasteiger partial charge in [0.05, 0.1) is 10.5 Å². The molecule has 0 aromatic heterocycles. The number of fused-ring (bicyclic) bond motifs is 2. The largest absolute Gasteiger partial charge is 0.244 e. The number of nitrogens with zero attached hydrogens (tertiary/aromatic N) is 2. The van der Waals surface area contributed by atoms with Crippen molar-refractivity contribution in [3.63, 3.8) is 0 Å². The lowest BCUT2D eigenvalue weighted by molar-refractivity contribution is 0.409. The zero-order valence-electron chi connectivity index (χ0n) is 9.61. The van der Waals surface area contributed by atoms with Crippen LogP contribution in [-0.2, 0) is 10.0 Å². The highest BCUT2D eigenvalue weighted by molar-refractivity contribution is 8.00. The molecule has 2 heterocycles. The van der Waals surface area contributed by atoms with Gasteiger partial charge >= 0.3 is 0 Å². The molecule has 2 atom stereocenters. The molecule has 1 aromatic carbocycles. The SMILES string of the molecule is N#Cc1ccccc1S(=O)(=O)N1CC2CC1CS2. The molecule has 0 radical (unpaired) electrons. The van der Waals surface area contributed by atoms with E-state index in [2.05, 4.69) is 0 Å². The van der Waals surface area contributed by atoms with Crippen molar-refractivity contribution in [2.24, 2.45) is 0 Å². The van der Waals surface area contributed by atoms with Gasteiger partial charge in [-0.3, -0.25) is 0 Å². The number of hydrogen-bond acceptors (Lipinski definition) is 4. The summed E-state index contributed by atoms with van der Waals surface area (Å²) in [5.74, 6) is 0.874. The molecule has 6 heteroatoms. The Kier molecular flexibility index (Phi) is 2.85. The van der Waals surface area contributed by atoms with Gasteiger partial charge in [-0.1, -0.05) is 12.1 Å². The van der Waals surface area contributed by atoms with Crippen molar-refractivity contribution in [1.29, 1.82) is 5.26 Å². The number of sulfonamides is 1. The van der Waals surface area contributed by atoms with Crippen LogP contribution in [0.15, 0.2) is 29.2 Å². The van der Waals surface area contributed by atoms with E-state index in [4.69, 9.17) is 5.26 Å². The Balaban J connectivity index is 2.03. The fraction of sp³-hybridized carbons (Fsp3) is 0.417. The van der Waals surface area contributed by atoms with Crippen LogP contribution in [0.3, 0.4) is 0 Å². The van der Waals surface area contributed by atoms with Gasteiger partial charge in [0.25, 0.3) is 0 Å². The smallest absolute Gasteiger partial charge is 0.207 e. The van der Waals surface area contributed by atoms with Crippen LogP contribution in [0, 0.1) is 11.3 Å². The summed E-state index contributed by atoms with van der Waals surface area (Å²) in [7, 11) is -3.51. The van der Waals surface area contributed by atoms with Gasteiger partial charge in [-0.05, 0) is 18.6 Å². The summed E-state index contributed by atoms with van der Waals surface area (Å²) in [5.41, 5.74) is 0.230. The van der Waals surface area contributed by atoms with E-state index in [-0.39, 0.29) is 16.5 Å². The van der Waals surface area contributed by atoms with Gasteiger partial charge in [0.1, 0.15) is 6.07 Å². The van der Waals surface area contributed by atoms with E-state index in [1.807, 2.05) is 17.8 Å². The summed E-state index contributed by atoms with van der Waals surface area (Å²) < 4.78 is 26.7. The summed E-state index contributed by atoms with van der Waals surface area (Å²) in [6, 6.07) is 8.49. The van der Waals surface area contributed by atoms with Crippen LogP contribution in [0.1, 0.15) is 12.0 Å². The first-order valence-electron chi connectivity index (χ1n) is 5.75. The molecule has 2 aliphatic rings. The molecule has 2 fully saturated rings. The molecule has 0 spiro atoms. The number of benzene rings is 1. The molecule has 2 unspecified atom stereocenters. The Bertz CT molecular complexity index is 621. The van der Waals surface area contributed by atoms with Crippen molar-refractivity contribution in [1.82, 2.24) is 4.31 Å². The second-order valence-corrected chi connectivity index (χ2v) is 7.72. The quantitative estimate of drug-likeness (QED) is 0.822. The van der Waals surface area contributed by atoms with Crippen LogP contribution in [0.5, 0.6) is 0 Å². The van der Waals surface area contributed by atoms with Crippen molar-refractivity contribution in [2.45, 2.75) is 22.6 Å². The number of rotatable bonds is 2. The number of nitriles is 1. The molecule has 0 N–H and O–H groups in total. The average molecular weight is 280 g/mol. The predicted octanol–water partition coefficient (Wildman–Crippen LogP) is 1.44. The van der Waals surface area contributed by atoms with Gasteiger partial charge in [0.2, 0.25) is 10.0 Å². The van der Waals surface area contributed by atoms with E-state index >= 15 is 0 Å². The molecule has 0 amide bonds. The van der Waals surface area contributed by atoms with Gasteiger partial charge in [-0.25, -0.2) is 8.42 Å². The second kappa shape index (κ2) is 4.26. The van der Waals surface area contributed by atoms with E-state index < -0.39 is 10.0 Å². The van der Waals surface area contributed by atoms with Gasteiger partial charge in [0.15, 0.2) is 0 Å². The first kappa shape index (κ1) is 12.0. The molecule has 4 nitrogen and oxygen atoms in total. The Morgan fingerprint density at radius 2 is 2.17 bits per heavy atom. The fourth-order valence-electron chi connectivity index (χ4n) is 2.57. The summed E-state index contributed by atoms with van der Waals surface area (Å²) in [5, 5.41) is 9.45. The maximum atomic E-state index is 12.6. The Hall–Kier alpha value is -1.03. The third-order valence-electron chi connectivity index (χ3n) is 3.44.